The maximum absolute atomic E-state index is 12.6. The van der Waals surface area contributed by atoms with Crippen LogP contribution in [0.4, 0.5) is 5.69 Å². The minimum Gasteiger partial charge on any atom is -0.508 e. The molecule has 28 heavy (non-hydrogen) atoms. The van der Waals surface area contributed by atoms with Gasteiger partial charge in [-0.2, -0.15) is 0 Å². The number of carbonyl (C=O) groups excluding carboxylic acids is 1. The van der Waals surface area contributed by atoms with Crippen LogP contribution in [0.1, 0.15) is 6.42 Å². The van der Waals surface area contributed by atoms with Crippen LogP contribution in [-0.4, -0.2) is 46.7 Å². The van der Waals surface area contributed by atoms with Crippen molar-refractivity contribution >= 4 is 34.3 Å². The van der Waals surface area contributed by atoms with Crippen molar-refractivity contribution in [2.24, 2.45) is 0 Å². The van der Waals surface area contributed by atoms with Crippen LogP contribution in [0.5, 0.6) is 5.75 Å². The fourth-order valence-electron chi connectivity index (χ4n) is 3.52. The summed E-state index contributed by atoms with van der Waals surface area (Å²) in [5.74, 6) is -0.250. The quantitative estimate of drug-likeness (QED) is 0.727. The number of piperazine rings is 1. The Bertz CT molecular complexity index is 1070. The fraction of sp³-hybridized carbons (Fsp3) is 0.300. The van der Waals surface area contributed by atoms with Crippen molar-refractivity contribution in [1.82, 2.24) is 9.47 Å². The number of aryl methyl sites for hydroxylation is 1. The van der Waals surface area contributed by atoms with Gasteiger partial charge in [0.05, 0.1) is 5.52 Å². The molecule has 0 spiro atoms. The molecule has 1 fully saturated rings. The van der Waals surface area contributed by atoms with Crippen molar-refractivity contribution in [3.63, 3.8) is 0 Å². The summed E-state index contributed by atoms with van der Waals surface area (Å²) in [5.41, 5.74) is 2.00. The minimum absolute atomic E-state index is 0.00534. The van der Waals surface area contributed by atoms with Gasteiger partial charge in [-0.05, 0) is 24.3 Å². The number of amides is 1. The molecule has 8 heteroatoms. The lowest BCUT2D eigenvalue weighted by atomic mass is 10.2. The standard InChI is InChI=1S/C20H20ClN3O4/c21-14-4-5-17-18(12-14)28-20(27)24(17)7-6-19(26)23-10-8-22(9-11-23)15-2-1-3-16(25)13-15/h1-5,12-13,25H,6-11H2. The van der Waals surface area contributed by atoms with Crippen LogP contribution in [0.15, 0.2) is 51.7 Å². The molecule has 0 radical (unpaired) electrons. The Kier molecular flexibility index (Phi) is 5.00. The summed E-state index contributed by atoms with van der Waals surface area (Å²) in [5, 5.41) is 10.1. The summed E-state index contributed by atoms with van der Waals surface area (Å²) >= 11 is 5.92. The van der Waals surface area contributed by atoms with Crippen molar-refractivity contribution < 1.29 is 14.3 Å². The molecule has 3 aromatic rings. The van der Waals surface area contributed by atoms with Gasteiger partial charge in [0.2, 0.25) is 5.91 Å². The Balaban J connectivity index is 1.37. The van der Waals surface area contributed by atoms with Gasteiger partial charge in [0, 0.05) is 62.0 Å². The van der Waals surface area contributed by atoms with E-state index in [1.807, 2.05) is 17.0 Å². The largest absolute Gasteiger partial charge is 0.508 e. The third-order valence-electron chi connectivity index (χ3n) is 5.01. The van der Waals surface area contributed by atoms with E-state index >= 15 is 0 Å². The second-order valence-electron chi connectivity index (χ2n) is 6.77. The van der Waals surface area contributed by atoms with Gasteiger partial charge in [0.1, 0.15) is 5.75 Å². The zero-order valence-electron chi connectivity index (χ0n) is 15.2. The molecule has 146 valence electrons. The molecule has 2 heterocycles. The number of nitrogens with zero attached hydrogens (tertiary/aromatic N) is 3. The van der Waals surface area contributed by atoms with Crippen LogP contribution in [0.2, 0.25) is 5.02 Å². The first-order chi connectivity index (χ1) is 13.5. The fourth-order valence-corrected chi connectivity index (χ4v) is 3.68. The van der Waals surface area contributed by atoms with Gasteiger partial charge in [0.15, 0.2) is 5.58 Å². The highest BCUT2D eigenvalue weighted by atomic mass is 35.5. The molecule has 1 amide bonds. The van der Waals surface area contributed by atoms with Gasteiger partial charge >= 0.3 is 5.76 Å². The Labute approximate surface area is 166 Å². The summed E-state index contributed by atoms with van der Waals surface area (Å²) in [4.78, 5) is 28.6. The predicted octanol–water partition coefficient (Wildman–Crippen LogP) is 2.69. The van der Waals surface area contributed by atoms with Crippen molar-refractivity contribution in [3.8, 4) is 5.75 Å². The number of aromatic hydroxyl groups is 1. The number of anilines is 1. The number of carbonyl (C=O) groups is 1. The second kappa shape index (κ2) is 7.59. The van der Waals surface area contributed by atoms with Gasteiger partial charge < -0.3 is 19.3 Å². The topological polar surface area (TPSA) is 78.9 Å². The SMILES string of the molecule is O=C(CCn1c(=O)oc2cc(Cl)ccc21)N1CCN(c2cccc(O)c2)CC1. The number of hydrogen-bond donors (Lipinski definition) is 1. The van der Waals surface area contributed by atoms with Gasteiger partial charge in [0.25, 0.3) is 0 Å². The number of hydrogen-bond acceptors (Lipinski definition) is 5. The number of aromatic nitrogens is 1. The van der Waals surface area contributed by atoms with E-state index < -0.39 is 5.76 Å². The van der Waals surface area contributed by atoms with Gasteiger partial charge in [-0.25, -0.2) is 4.79 Å². The zero-order chi connectivity index (χ0) is 19.7. The van der Waals surface area contributed by atoms with Crippen LogP contribution in [-0.2, 0) is 11.3 Å². The molecular formula is C20H20ClN3O4. The van der Waals surface area contributed by atoms with Crippen LogP contribution in [0.3, 0.4) is 0 Å². The van der Waals surface area contributed by atoms with Gasteiger partial charge in [-0.15, -0.1) is 0 Å². The first kappa shape index (κ1) is 18.4. The number of halogens is 1. The van der Waals surface area contributed by atoms with Gasteiger partial charge in [-0.3, -0.25) is 9.36 Å². The van der Waals surface area contributed by atoms with E-state index in [0.29, 0.717) is 42.3 Å². The van der Waals surface area contributed by atoms with Crippen molar-refractivity contribution in [3.05, 3.63) is 58.0 Å². The number of phenols is 1. The van der Waals surface area contributed by atoms with E-state index in [1.54, 1.807) is 30.3 Å². The molecule has 0 bridgehead atoms. The number of fused-ring (bicyclic) bond motifs is 1. The monoisotopic (exact) mass is 401 g/mol. The van der Waals surface area contributed by atoms with E-state index in [4.69, 9.17) is 16.0 Å². The van der Waals surface area contributed by atoms with Crippen molar-refractivity contribution in [2.45, 2.75) is 13.0 Å². The van der Waals surface area contributed by atoms with E-state index in [1.165, 1.54) is 4.57 Å². The molecule has 1 N–H and O–H groups in total. The summed E-state index contributed by atoms with van der Waals surface area (Å²) < 4.78 is 6.67. The molecule has 4 rings (SSSR count). The average Bonchev–Trinajstić information content (AvgIpc) is 3.00. The van der Waals surface area contributed by atoms with Crippen LogP contribution < -0.4 is 10.7 Å². The lowest BCUT2D eigenvalue weighted by Crippen LogP contribution is -2.49. The molecule has 0 atom stereocenters. The highest BCUT2D eigenvalue weighted by Gasteiger charge is 2.22. The summed E-state index contributed by atoms with van der Waals surface area (Å²) in [6.07, 6.45) is 0.225. The third-order valence-corrected chi connectivity index (χ3v) is 5.24. The first-order valence-corrected chi connectivity index (χ1v) is 9.50. The summed E-state index contributed by atoms with van der Waals surface area (Å²) in [6.45, 7) is 2.86. The number of rotatable bonds is 4. The Morgan fingerprint density at radius 2 is 1.89 bits per heavy atom. The van der Waals surface area contributed by atoms with Crippen molar-refractivity contribution in [1.29, 1.82) is 0 Å². The van der Waals surface area contributed by atoms with E-state index in [9.17, 15) is 14.7 Å². The molecule has 2 aromatic carbocycles. The summed E-state index contributed by atoms with van der Waals surface area (Å²) in [7, 11) is 0. The number of oxazole rings is 1. The van der Waals surface area contributed by atoms with Crippen molar-refractivity contribution in [2.75, 3.05) is 31.1 Å². The molecule has 0 aliphatic carbocycles. The maximum atomic E-state index is 12.6. The maximum Gasteiger partial charge on any atom is 0.419 e. The highest BCUT2D eigenvalue weighted by Crippen LogP contribution is 2.22. The van der Waals surface area contributed by atoms with E-state index in [2.05, 4.69) is 4.90 Å². The molecular weight excluding hydrogens is 382 g/mol. The lowest BCUT2D eigenvalue weighted by molar-refractivity contribution is -0.131. The normalized spacial score (nSPS) is 14.6. The molecule has 0 unspecified atom stereocenters. The molecule has 0 saturated carbocycles. The second-order valence-corrected chi connectivity index (χ2v) is 7.21. The van der Waals surface area contributed by atoms with Crippen LogP contribution in [0, 0.1) is 0 Å². The molecule has 7 nitrogen and oxygen atoms in total. The first-order valence-electron chi connectivity index (χ1n) is 9.12. The van der Waals surface area contributed by atoms with Crippen LogP contribution in [0.25, 0.3) is 11.1 Å². The smallest absolute Gasteiger partial charge is 0.419 e. The minimum atomic E-state index is -0.487. The molecule has 1 saturated heterocycles. The van der Waals surface area contributed by atoms with Crippen LogP contribution >= 0.6 is 11.6 Å². The Hall–Kier alpha value is -2.93. The molecule has 1 aliphatic heterocycles. The van der Waals surface area contributed by atoms with Gasteiger partial charge in [-0.1, -0.05) is 17.7 Å². The Morgan fingerprint density at radius 3 is 2.64 bits per heavy atom. The molecule has 1 aromatic heterocycles. The Morgan fingerprint density at radius 1 is 1.11 bits per heavy atom. The summed E-state index contributed by atoms with van der Waals surface area (Å²) in [6, 6.07) is 12.1. The molecule has 1 aliphatic rings. The van der Waals surface area contributed by atoms with E-state index in [0.717, 1.165) is 5.69 Å². The lowest BCUT2D eigenvalue weighted by Gasteiger charge is -2.36. The highest BCUT2D eigenvalue weighted by molar-refractivity contribution is 6.31. The zero-order valence-corrected chi connectivity index (χ0v) is 15.9. The predicted molar refractivity (Wildman–Crippen MR) is 107 cm³/mol. The number of phenolic OH excluding ortho intramolecular Hbond substituents is 1. The van der Waals surface area contributed by atoms with E-state index in [-0.39, 0.29) is 24.6 Å². The third kappa shape index (κ3) is 3.71. The average molecular weight is 402 g/mol. The number of benzene rings is 2.